The molecule has 0 spiro atoms. The maximum absolute atomic E-state index is 12.2. The summed E-state index contributed by atoms with van der Waals surface area (Å²) >= 11 is 1.37. The van der Waals surface area contributed by atoms with E-state index in [9.17, 15) is 4.79 Å². The smallest absolute Gasteiger partial charge is 0.358 e. The van der Waals surface area contributed by atoms with Crippen LogP contribution >= 0.6 is 11.3 Å². The predicted octanol–water partition coefficient (Wildman–Crippen LogP) is 3.41. The second kappa shape index (κ2) is 7.19. The van der Waals surface area contributed by atoms with E-state index in [1.165, 1.54) is 16.9 Å². The Hall–Kier alpha value is -2.47. The lowest BCUT2D eigenvalue weighted by Gasteiger charge is -2.17. The first-order valence-electron chi connectivity index (χ1n) is 7.34. The van der Waals surface area contributed by atoms with E-state index in [-0.39, 0.29) is 0 Å². The summed E-state index contributed by atoms with van der Waals surface area (Å²) in [7, 11) is 1.90. The zero-order valence-corrected chi connectivity index (χ0v) is 13.6. The summed E-state index contributed by atoms with van der Waals surface area (Å²) in [6.07, 6.45) is 4.64. The molecule has 118 valence electrons. The zero-order valence-electron chi connectivity index (χ0n) is 12.8. The molecule has 0 aliphatic heterocycles. The average Bonchev–Trinajstić information content (AvgIpc) is 3.24. The van der Waals surface area contributed by atoms with Gasteiger partial charge in [0.25, 0.3) is 0 Å². The van der Waals surface area contributed by atoms with Gasteiger partial charge in [0.1, 0.15) is 5.82 Å². The predicted molar refractivity (Wildman–Crippen MR) is 88.2 cm³/mol. The first-order chi connectivity index (χ1) is 11.2. The quantitative estimate of drug-likeness (QED) is 0.651. The molecule has 3 aromatic rings. The Balaban J connectivity index is 1.74. The van der Waals surface area contributed by atoms with E-state index in [1.54, 1.807) is 17.1 Å². The first-order valence-corrected chi connectivity index (χ1v) is 8.28. The zero-order chi connectivity index (χ0) is 16.1. The summed E-state index contributed by atoms with van der Waals surface area (Å²) in [5, 5.41) is 1.69. The standard InChI is InChI=1S/C17H17N3O2S/c1-20-10-9-18-16(20)15(8-7-13-5-3-2-4-6-13)22-17(21)14-11-23-12-19-14/h2-6,9-12,15H,7-8H2,1H3/t15-/m1/s1. The highest BCUT2D eigenvalue weighted by Gasteiger charge is 2.22. The Morgan fingerprint density at radius 1 is 1.30 bits per heavy atom. The molecule has 2 heterocycles. The summed E-state index contributed by atoms with van der Waals surface area (Å²) in [5.41, 5.74) is 3.17. The van der Waals surface area contributed by atoms with Gasteiger partial charge in [-0.25, -0.2) is 14.8 Å². The average molecular weight is 327 g/mol. The summed E-state index contributed by atoms with van der Waals surface area (Å²) in [4.78, 5) is 20.6. The number of benzene rings is 1. The van der Waals surface area contributed by atoms with Gasteiger partial charge >= 0.3 is 5.97 Å². The molecule has 0 fully saturated rings. The summed E-state index contributed by atoms with van der Waals surface area (Å²) < 4.78 is 7.54. The number of thiazole rings is 1. The minimum Gasteiger partial charge on any atom is -0.449 e. The lowest BCUT2D eigenvalue weighted by atomic mass is 10.1. The van der Waals surface area contributed by atoms with Crippen molar-refractivity contribution < 1.29 is 9.53 Å². The number of nitrogens with zero attached hydrogens (tertiary/aromatic N) is 3. The number of hydrogen-bond donors (Lipinski definition) is 0. The van der Waals surface area contributed by atoms with E-state index in [2.05, 4.69) is 22.1 Å². The molecule has 0 saturated carbocycles. The third-order valence-electron chi connectivity index (χ3n) is 3.58. The molecule has 0 aliphatic rings. The normalized spacial score (nSPS) is 12.0. The number of hydrogen-bond acceptors (Lipinski definition) is 5. The van der Waals surface area contributed by atoms with Crippen molar-refractivity contribution in [3.8, 4) is 0 Å². The van der Waals surface area contributed by atoms with Gasteiger partial charge in [-0.3, -0.25) is 0 Å². The van der Waals surface area contributed by atoms with Crippen molar-refractivity contribution in [2.24, 2.45) is 7.05 Å². The number of aromatic nitrogens is 3. The van der Waals surface area contributed by atoms with Gasteiger partial charge < -0.3 is 9.30 Å². The molecule has 5 nitrogen and oxygen atoms in total. The van der Waals surface area contributed by atoms with Crippen molar-refractivity contribution in [1.82, 2.24) is 14.5 Å². The van der Waals surface area contributed by atoms with Crippen LogP contribution in [0.15, 0.2) is 53.6 Å². The lowest BCUT2D eigenvalue weighted by Crippen LogP contribution is -2.16. The molecule has 0 N–H and O–H groups in total. The third kappa shape index (κ3) is 3.84. The van der Waals surface area contributed by atoms with Crippen molar-refractivity contribution in [1.29, 1.82) is 0 Å². The van der Waals surface area contributed by atoms with Gasteiger partial charge in [-0.1, -0.05) is 30.3 Å². The molecule has 0 bridgehead atoms. The molecular weight excluding hydrogens is 310 g/mol. The number of esters is 1. The highest BCUT2D eigenvalue weighted by atomic mass is 32.1. The van der Waals surface area contributed by atoms with Crippen molar-refractivity contribution in [2.75, 3.05) is 0 Å². The van der Waals surface area contributed by atoms with Crippen LogP contribution in [0.1, 0.15) is 34.4 Å². The molecule has 23 heavy (non-hydrogen) atoms. The van der Waals surface area contributed by atoms with Crippen molar-refractivity contribution in [2.45, 2.75) is 18.9 Å². The Morgan fingerprint density at radius 3 is 2.78 bits per heavy atom. The van der Waals surface area contributed by atoms with Crippen molar-refractivity contribution >= 4 is 17.3 Å². The van der Waals surface area contributed by atoms with E-state index < -0.39 is 12.1 Å². The first kappa shape index (κ1) is 15.4. The highest BCUT2D eigenvalue weighted by molar-refractivity contribution is 7.07. The van der Waals surface area contributed by atoms with Crippen LogP contribution in [0.25, 0.3) is 0 Å². The van der Waals surface area contributed by atoms with Gasteiger partial charge in [-0.2, -0.15) is 0 Å². The largest absolute Gasteiger partial charge is 0.449 e. The molecule has 0 amide bonds. The van der Waals surface area contributed by atoms with E-state index in [4.69, 9.17) is 4.74 Å². The molecule has 0 unspecified atom stereocenters. The second-order valence-electron chi connectivity index (χ2n) is 5.19. The molecule has 0 aliphatic carbocycles. The summed E-state index contributed by atoms with van der Waals surface area (Å²) in [5.74, 6) is 0.330. The number of carbonyl (C=O) groups excluding carboxylic acids is 1. The van der Waals surface area contributed by atoms with Crippen LogP contribution in [0, 0.1) is 0 Å². The van der Waals surface area contributed by atoms with Crippen LogP contribution in [0.4, 0.5) is 0 Å². The van der Waals surface area contributed by atoms with Crippen LogP contribution in [0.3, 0.4) is 0 Å². The van der Waals surface area contributed by atoms with E-state index in [0.29, 0.717) is 12.1 Å². The summed E-state index contributed by atoms with van der Waals surface area (Å²) in [6.45, 7) is 0. The fourth-order valence-corrected chi connectivity index (χ4v) is 2.89. The summed E-state index contributed by atoms with van der Waals surface area (Å²) in [6, 6.07) is 10.1. The van der Waals surface area contributed by atoms with Gasteiger partial charge in [-0.05, 0) is 18.4 Å². The van der Waals surface area contributed by atoms with Crippen LogP contribution < -0.4 is 0 Å². The molecule has 1 atom stereocenters. The van der Waals surface area contributed by atoms with Crippen LogP contribution in [-0.2, 0) is 18.2 Å². The number of carbonyl (C=O) groups is 1. The van der Waals surface area contributed by atoms with Crippen LogP contribution in [0.2, 0.25) is 0 Å². The molecule has 1 aromatic carbocycles. The van der Waals surface area contributed by atoms with E-state index in [1.807, 2.05) is 36.0 Å². The Bertz CT molecular complexity index is 753. The SMILES string of the molecule is Cn1ccnc1[C@@H](CCc1ccccc1)OC(=O)c1cscn1. The lowest BCUT2D eigenvalue weighted by molar-refractivity contribution is 0.0243. The van der Waals surface area contributed by atoms with Gasteiger partial charge in [0.15, 0.2) is 11.8 Å². The molecule has 0 radical (unpaired) electrons. The maximum atomic E-state index is 12.2. The van der Waals surface area contributed by atoms with E-state index in [0.717, 1.165) is 12.2 Å². The van der Waals surface area contributed by atoms with Gasteiger partial charge in [0.05, 0.1) is 5.51 Å². The molecule has 6 heteroatoms. The monoisotopic (exact) mass is 327 g/mol. The van der Waals surface area contributed by atoms with Gasteiger partial charge in [-0.15, -0.1) is 11.3 Å². The van der Waals surface area contributed by atoms with Crippen LogP contribution in [0.5, 0.6) is 0 Å². The number of rotatable bonds is 6. The fourth-order valence-electron chi connectivity index (χ4n) is 2.37. The van der Waals surface area contributed by atoms with Crippen molar-refractivity contribution in [3.63, 3.8) is 0 Å². The van der Waals surface area contributed by atoms with Gasteiger partial charge in [0, 0.05) is 24.8 Å². The fraction of sp³-hybridized carbons (Fsp3) is 0.235. The topological polar surface area (TPSA) is 57.0 Å². The second-order valence-corrected chi connectivity index (χ2v) is 5.91. The number of aryl methyl sites for hydroxylation is 2. The van der Waals surface area contributed by atoms with Gasteiger partial charge in [0.2, 0.25) is 0 Å². The van der Waals surface area contributed by atoms with Crippen LogP contribution in [-0.4, -0.2) is 20.5 Å². The molecule has 2 aromatic heterocycles. The Morgan fingerprint density at radius 2 is 2.13 bits per heavy atom. The Kier molecular flexibility index (Phi) is 4.83. The minimum absolute atomic E-state index is 0.342. The number of imidazole rings is 1. The highest BCUT2D eigenvalue weighted by Crippen LogP contribution is 2.23. The molecule has 0 saturated heterocycles. The molecule has 3 rings (SSSR count). The minimum atomic E-state index is -0.410. The molecular formula is C17H17N3O2S. The number of ether oxygens (including phenoxy) is 1. The Labute approximate surface area is 138 Å². The third-order valence-corrected chi connectivity index (χ3v) is 4.16. The van der Waals surface area contributed by atoms with Crippen molar-refractivity contribution in [3.05, 3.63) is 70.7 Å². The van der Waals surface area contributed by atoms with E-state index >= 15 is 0 Å². The maximum Gasteiger partial charge on any atom is 0.358 e.